The fraction of sp³-hybridized carbons (Fsp3) is 0.125. The van der Waals surface area contributed by atoms with E-state index >= 15 is 0 Å². The third-order valence-corrected chi connectivity index (χ3v) is 2.76. The SMILES string of the molecule is O=C(O)CN(OCc1ccccc1)C(=O)c1ccccc1. The maximum absolute atomic E-state index is 12.2. The Morgan fingerprint density at radius 2 is 1.52 bits per heavy atom. The zero-order chi connectivity index (χ0) is 15.1. The topological polar surface area (TPSA) is 66.8 Å². The highest BCUT2D eigenvalue weighted by atomic mass is 16.7. The third-order valence-electron chi connectivity index (χ3n) is 2.76. The van der Waals surface area contributed by atoms with Gasteiger partial charge in [0.25, 0.3) is 5.91 Å². The molecule has 0 aliphatic rings. The number of rotatable bonds is 6. The van der Waals surface area contributed by atoms with E-state index in [0.717, 1.165) is 10.6 Å². The first-order valence-electron chi connectivity index (χ1n) is 6.42. The minimum atomic E-state index is -1.13. The van der Waals surface area contributed by atoms with Crippen molar-refractivity contribution in [1.82, 2.24) is 5.06 Å². The quantitative estimate of drug-likeness (QED) is 0.827. The first-order valence-corrected chi connectivity index (χ1v) is 6.42. The number of hydrogen-bond acceptors (Lipinski definition) is 3. The van der Waals surface area contributed by atoms with Crippen LogP contribution in [0.5, 0.6) is 0 Å². The second-order valence-electron chi connectivity index (χ2n) is 4.36. The van der Waals surface area contributed by atoms with Gasteiger partial charge in [-0.1, -0.05) is 48.5 Å². The van der Waals surface area contributed by atoms with Gasteiger partial charge in [0.05, 0.1) is 0 Å². The van der Waals surface area contributed by atoms with Gasteiger partial charge in [0.1, 0.15) is 13.2 Å². The number of hydroxylamine groups is 2. The molecular formula is C16H15NO4. The highest BCUT2D eigenvalue weighted by Crippen LogP contribution is 2.08. The summed E-state index contributed by atoms with van der Waals surface area (Å²) in [6.45, 7) is -0.382. The molecule has 21 heavy (non-hydrogen) atoms. The van der Waals surface area contributed by atoms with Gasteiger partial charge in [0.2, 0.25) is 0 Å². The largest absolute Gasteiger partial charge is 0.480 e. The maximum Gasteiger partial charge on any atom is 0.325 e. The minimum absolute atomic E-state index is 0.132. The van der Waals surface area contributed by atoms with Crippen LogP contribution < -0.4 is 0 Å². The van der Waals surface area contributed by atoms with Crippen molar-refractivity contribution in [1.29, 1.82) is 0 Å². The van der Waals surface area contributed by atoms with Crippen molar-refractivity contribution in [3.63, 3.8) is 0 Å². The summed E-state index contributed by atoms with van der Waals surface area (Å²) < 4.78 is 0. The summed E-state index contributed by atoms with van der Waals surface area (Å²) >= 11 is 0. The van der Waals surface area contributed by atoms with Gasteiger partial charge in [0.15, 0.2) is 0 Å². The van der Waals surface area contributed by atoms with Crippen molar-refractivity contribution in [2.75, 3.05) is 6.54 Å². The van der Waals surface area contributed by atoms with Gasteiger partial charge in [0, 0.05) is 5.56 Å². The van der Waals surface area contributed by atoms with Crippen molar-refractivity contribution in [2.24, 2.45) is 0 Å². The number of carbonyl (C=O) groups excluding carboxylic acids is 1. The Bertz CT molecular complexity index is 598. The van der Waals surface area contributed by atoms with Crippen LogP contribution in [0.4, 0.5) is 0 Å². The number of carboxylic acids is 1. The van der Waals surface area contributed by atoms with Crippen LogP contribution in [0.2, 0.25) is 0 Å². The fourth-order valence-corrected chi connectivity index (χ4v) is 1.75. The first-order chi connectivity index (χ1) is 10.2. The lowest BCUT2D eigenvalue weighted by Gasteiger charge is -2.20. The van der Waals surface area contributed by atoms with Crippen LogP contribution in [0.15, 0.2) is 60.7 Å². The number of amides is 1. The van der Waals surface area contributed by atoms with Crippen LogP contribution in [0.3, 0.4) is 0 Å². The Morgan fingerprint density at radius 1 is 0.952 bits per heavy atom. The molecule has 0 bridgehead atoms. The van der Waals surface area contributed by atoms with Gasteiger partial charge in [-0.25, -0.2) is 5.06 Å². The maximum atomic E-state index is 12.2. The molecule has 0 radical (unpaired) electrons. The summed E-state index contributed by atoms with van der Waals surface area (Å²) in [5, 5.41) is 9.77. The summed E-state index contributed by atoms with van der Waals surface area (Å²) in [6.07, 6.45) is 0. The monoisotopic (exact) mass is 285 g/mol. The van der Waals surface area contributed by atoms with E-state index in [4.69, 9.17) is 9.94 Å². The van der Waals surface area contributed by atoms with E-state index < -0.39 is 18.4 Å². The van der Waals surface area contributed by atoms with Crippen LogP contribution in [0, 0.1) is 0 Å². The normalized spacial score (nSPS) is 10.1. The number of benzene rings is 2. The Hall–Kier alpha value is -2.66. The number of carboxylic acid groups (broad SMARTS) is 1. The highest BCUT2D eigenvalue weighted by Gasteiger charge is 2.19. The van der Waals surface area contributed by atoms with Gasteiger partial charge in [-0.2, -0.15) is 0 Å². The van der Waals surface area contributed by atoms with E-state index in [0.29, 0.717) is 5.56 Å². The van der Waals surface area contributed by atoms with E-state index in [-0.39, 0.29) is 6.61 Å². The van der Waals surface area contributed by atoms with Crippen LogP contribution in [0.25, 0.3) is 0 Å². The molecule has 108 valence electrons. The smallest absolute Gasteiger partial charge is 0.325 e. The van der Waals surface area contributed by atoms with Gasteiger partial charge in [-0.3, -0.25) is 14.4 Å². The molecule has 0 aliphatic carbocycles. The zero-order valence-electron chi connectivity index (χ0n) is 11.3. The van der Waals surface area contributed by atoms with Gasteiger partial charge < -0.3 is 5.11 Å². The summed E-state index contributed by atoms with van der Waals surface area (Å²) in [4.78, 5) is 28.5. The predicted molar refractivity (Wildman–Crippen MR) is 76.3 cm³/mol. The molecule has 0 atom stereocenters. The molecule has 5 heteroatoms. The number of carbonyl (C=O) groups is 2. The molecule has 0 fully saturated rings. The van der Waals surface area contributed by atoms with Crippen LogP contribution in [-0.2, 0) is 16.2 Å². The average Bonchev–Trinajstić information content (AvgIpc) is 2.52. The van der Waals surface area contributed by atoms with Gasteiger partial charge >= 0.3 is 5.97 Å². The van der Waals surface area contributed by atoms with Crippen LogP contribution in [-0.4, -0.2) is 28.6 Å². The molecule has 2 rings (SSSR count). The lowest BCUT2D eigenvalue weighted by molar-refractivity contribution is -0.162. The van der Waals surface area contributed by atoms with Crippen molar-refractivity contribution < 1.29 is 19.5 Å². The fourth-order valence-electron chi connectivity index (χ4n) is 1.75. The Balaban J connectivity index is 2.07. The highest BCUT2D eigenvalue weighted by molar-refractivity contribution is 5.95. The van der Waals surface area contributed by atoms with Crippen molar-refractivity contribution >= 4 is 11.9 Å². The Kier molecular flexibility index (Phi) is 5.06. The molecule has 0 unspecified atom stereocenters. The Morgan fingerprint density at radius 3 is 2.10 bits per heavy atom. The average molecular weight is 285 g/mol. The Labute approximate surface area is 122 Å². The van der Waals surface area contributed by atoms with E-state index in [1.54, 1.807) is 30.3 Å². The molecule has 2 aromatic rings. The molecule has 1 amide bonds. The van der Waals surface area contributed by atoms with Gasteiger partial charge in [-0.05, 0) is 17.7 Å². The number of hydrogen-bond donors (Lipinski definition) is 1. The second kappa shape index (κ2) is 7.21. The van der Waals surface area contributed by atoms with Crippen molar-refractivity contribution in [3.8, 4) is 0 Å². The van der Waals surface area contributed by atoms with Crippen LogP contribution >= 0.6 is 0 Å². The first kappa shape index (κ1) is 14.7. The molecule has 0 saturated heterocycles. The number of nitrogens with zero attached hydrogens (tertiary/aromatic N) is 1. The summed E-state index contributed by atoms with van der Waals surface area (Å²) in [7, 11) is 0. The van der Waals surface area contributed by atoms with E-state index in [2.05, 4.69) is 0 Å². The minimum Gasteiger partial charge on any atom is -0.480 e. The van der Waals surface area contributed by atoms with Crippen molar-refractivity contribution in [2.45, 2.75) is 6.61 Å². The van der Waals surface area contributed by atoms with Crippen molar-refractivity contribution in [3.05, 3.63) is 71.8 Å². The molecule has 0 aromatic heterocycles. The second-order valence-corrected chi connectivity index (χ2v) is 4.36. The third kappa shape index (κ3) is 4.43. The van der Waals surface area contributed by atoms with E-state index in [9.17, 15) is 9.59 Å². The molecule has 0 heterocycles. The lowest BCUT2D eigenvalue weighted by atomic mass is 10.2. The summed E-state index contributed by atoms with van der Waals surface area (Å²) in [5.74, 6) is -1.61. The van der Waals surface area contributed by atoms with E-state index in [1.165, 1.54) is 0 Å². The zero-order valence-corrected chi connectivity index (χ0v) is 11.3. The van der Waals surface area contributed by atoms with Gasteiger partial charge in [-0.15, -0.1) is 0 Å². The lowest BCUT2D eigenvalue weighted by Crippen LogP contribution is -2.35. The molecule has 5 nitrogen and oxygen atoms in total. The van der Waals surface area contributed by atoms with Crippen LogP contribution in [0.1, 0.15) is 15.9 Å². The van der Waals surface area contributed by atoms with E-state index in [1.807, 2.05) is 30.3 Å². The molecule has 0 spiro atoms. The number of aliphatic carboxylic acids is 1. The summed E-state index contributed by atoms with van der Waals surface area (Å²) in [6, 6.07) is 17.7. The molecular weight excluding hydrogens is 270 g/mol. The predicted octanol–water partition coefficient (Wildman–Crippen LogP) is 2.35. The molecule has 0 aliphatic heterocycles. The molecule has 1 N–H and O–H groups in total. The molecule has 2 aromatic carbocycles. The standard InChI is InChI=1S/C16H15NO4/c18-15(19)11-17(16(20)14-9-5-2-6-10-14)21-12-13-7-3-1-4-8-13/h1-10H,11-12H2,(H,18,19). The molecule has 0 saturated carbocycles. The summed E-state index contributed by atoms with van der Waals surface area (Å²) in [5.41, 5.74) is 1.24.